The van der Waals surface area contributed by atoms with Crippen LogP contribution in [0.3, 0.4) is 0 Å². The Hall–Kier alpha value is -0.990. The molecule has 1 aliphatic rings. The fraction of sp³-hybridized carbons (Fsp3) is 0.750. The summed E-state index contributed by atoms with van der Waals surface area (Å²) in [5.41, 5.74) is 8.14. The van der Waals surface area contributed by atoms with Gasteiger partial charge in [-0.2, -0.15) is 5.10 Å². The Kier molecular flexibility index (Phi) is 2.49. The van der Waals surface area contributed by atoms with Gasteiger partial charge in [0.05, 0.1) is 17.6 Å². The van der Waals surface area contributed by atoms with Gasteiger partial charge in [0.1, 0.15) is 0 Å². The van der Waals surface area contributed by atoms with Gasteiger partial charge in [-0.1, -0.05) is 13.8 Å². The van der Waals surface area contributed by atoms with Crippen molar-refractivity contribution >= 4 is 5.69 Å². The van der Waals surface area contributed by atoms with Crippen LogP contribution in [0.25, 0.3) is 0 Å². The quantitative estimate of drug-likeness (QED) is 0.824. The summed E-state index contributed by atoms with van der Waals surface area (Å²) in [6.45, 7) is 7.76. The summed E-state index contributed by atoms with van der Waals surface area (Å²) >= 11 is 0. The first-order valence-corrected chi connectivity index (χ1v) is 5.78. The Balaban J connectivity index is 1.95. The summed E-state index contributed by atoms with van der Waals surface area (Å²) in [5, 5.41) is 4.29. The SMILES string of the molecule is Cc1c(N)cnn1CCC(C)(C)C1CC1. The number of aryl methyl sites for hydroxylation is 1. The summed E-state index contributed by atoms with van der Waals surface area (Å²) in [6.07, 6.45) is 5.76. The molecule has 1 fully saturated rings. The molecule has 2 rings (SSSR count). The van der Waals surface area contributed by atoms with Crippen molar-refractivity contribution in [3.8, 4) is 0 Å². The first-order valence-electron chi connectivity index (χ1n) is 5.78. The van der Waals surface area contributed by atoms with E-state index in [9.17, 15) is 0 Å². The van der Waals surface area contributed by atoms with Gasteiger partial charge in [-0.25, -0.2) is 0 Å². The van der Waals surface area contributed by atoms with Crippen LogP contribution in [0.1, 0.15) is 38.8 Å². The molecule has 1 heterocycles. The molecule has 0 aliphatic heterocycles. The lowest BCUT2D eigenvalue weighted by Gasteiger charge is -2.24. The molecule has 0 unspecified atom stereocenters. The molecule has 0 aromatic carbocycles. The van der Waals surface area contributed by atoms with Gasteiger partial charge >= 0.3 is 0 Å². The Bertz CT molecular complexity index is 348. The minimum Gasteiger partial charge on any atom is -0.396 e. The molecule has 15 heavy (non-hydrogen) atoms. The third kappa shape index (κ3) is 2.16. The van der Waals surface area contributed by atoms with E-state index < -0.39 is 0 Å². The molecule has 1 aromatic heterocycles. The van der Waals surface area contributed by atoms with Gasteiger partial charge in [0.2, 0.25) is 0 Å². The fourth-order valence-corrected chi connectivity index (χ4v) is 2.15. The van der Waals surface area contributed by atoms with E-state index in [1.54, 1.807) is 6.20 Å². The Morgan fingerprint density at radius 3 is 2.67 bits per heavy atom. The minimum absolute atomic E-state index is 0.465. The summed E-state index contributed by atoms with van der Waals surface area (Å²) in [4.78, 5) is 0. The molecular weight excluding hydrogens is 186 g/mol. The van der Waals surface area contributed by atoms with Gasteiger partial charge in [-0.05, 0) is 37.5 Å². The third-order valence-electron chi connectivity index (χ3n) is 3.79. The first-order chi connectivity index (χ1) is 7.00. The van der Waals surface area contributed by atoms with Crippen molar-refractivity contribution in [1.82, 2.24) is 9.78 Å². The van der Waals surface area contributed by atoms with Crippen molar-refractivity contribution in [3.05, 3.63) is 11.9 Å². The maximum atomic E-state index is 5.77. The highest BCUT2D eigenvalue weighted by atomic mass is 15.3. The van der Waals surface area contributed by atoms with Crippen LogP contribution in [0.4, 0.5) is 5.69 Å². The summed E-state index contributed by atoms with van der Waals surface area (Å²) in [6, 6.07) is 0. The zero-order valence-electron chi connectivity index (χ0n) is 9.95. The van der Waals surface area contributed by atoms with E-state index in [1.165, 1.54) is 19.3 Å². The van der Waals surface area contributed by atoms with Gasteiger partial charge < -0.3 is 5.73 Å². The minimum atomic E-state index is 0.465. The second-order valence-electron chi connectivity index (χ2n) is 5.42. The van der Waals surface area contributed by atoms with E-state index in [1.807, 2.05) is 11.6 Å². The van der Waals surface area contributed by atoms with Crippen LogP contribution in [0, 0.1) is 18.3 Å². The highest BCUT2D eigenvalue weighted by Crippen LogP contribution is 2.47. The van der Waals surface area contributed by atoms with E-state index in [2.05, 4.69) is 18.9 Å². The topological polar surface area (TPSA) is 43.8 Å². The van der Waals surface area contributed by atoms with Crippen molar-refractivity contribution in [2.24, 2.45) is 11.3 Å². The molecule has 0 atom stereocenters. The summed E-state index contributed by atoms with van der Waals surface area (Å²) in [5.74, 6) is 0.936. The van der Waals surface area contributed by atoms with Crippen LogP contribution < -0.4 is 5.73 Å². The van der Waals surface area contributed by atoms with E-state index in [-0.39, 0.29) is 0 Å². The van der Waals surface area contributed by atoms with Crippen molar-refractivity contribution in [1.29, 1.82) is 0 Å². The number of nitrogen functional groups attached to an aromatic ring is 1. The average Bonchev–Trinajstić information content (AvgIpc) is 2.96. The second kappa shape index (κ2) is 3.54. The van der Waals surface area contributed by atoms with Crippen molar-refractivity contribution in [2.45, 2.75) is 46.6 Å². The maximum absolute atomic E-state index is 5.77. The van der Waals surface area contributed by atoms with Crippen molar-refractivity contribution < 1.29 is 0 Å². The first kappa shape index (κ1) is 10.5. The lowest BCUT2D eigenvalue weighted by atomic mass is 9.84. The predicted molar refractivity (Wildman–Crippen MR) is 62.5 cm³/mol. The third-order valence-corrected chi connectivity index (χ3v) is 3.79. The molecule has 2 N–H and O–H groups in total. The molecule has 84 valence electrons. The van der Waals surface area contributed by atoms with Gasteiger partial charge in [-0.3, -0.25) is 4.68 Å². The number of anilines is 1. The van der Waals surface area contributed by atoms with Crippen LogP contribution in [0.5, 0.6) is 0 Å². The number of aromatic nitrogens is 2. The molecule has 0 amide bonds. The van der Waals surface area contributed by atoms with E-state index in [0.717, 1.165) is 23.8 Å². The molecule has 3 heteroatoms. The van der Waals surface area contributed by atoms with Gasteiger partial charge in [0, 0.05) is 6.54 Å². The summed E-state index contributed by atoms with van der Waals surface area (Å²) < 4.78 is 2.03. The van der Waals surface area contributed by atoms with Crippen LogP contribution in [0.15, 0.2) is 6.20 Å². The molecule has 0 radical (unpaired) electrons. The Labute approximate surface area is 91.7 Å². The molecule has 0 spiro atoms. The molecule has 1 aliphatic carbocycles. The van der Waals surface area contributed by atoms with E-state index in [4.69, 9.17) is 5.73 Å². The largest absolute Gasteiger partial charge is 0.396 e. The van der Waals surface area contributed by atoms with Crippen LogP contribution >= 0.6 is 0 Å². The van der Waals surface area contributed by atoms with Gasteiger partial charge in [0.25, 0.3) is 0 Å². The standard InChI is InChI=1S/C12H21N3/c1-9-11(13)8-14-15(9)7-6-12(2,3)10-4-5-10/h8,10H,4-7,13H2,1-3H3. The average molecular weight is 207 g/mol. The summed E-state index contributed by atoms with van der Waals surface area (Å²) in [7, 11) is 0. The van der Waals surface area contributed by atoms with E-state index in [0.29, 0.717) is 5.41 Å². The molecule has 3 nitrogen and oxygen atoms in total. The zero-order chi connectivity index (χ0) is 11.1. The zero-order valence-corrected chi connectivity index (χ0v) is 9.95. The molecule has 1 saturated carbocycles. The number of hydrogen-bond acceptors (Lipinski definition) is 2. The van der Waals surface area contributed by atoms with Crippen molar-refractivity contribution in [2.75, 3.05) is 5.73 Å². The van der Waals surface area contributed by atoms with Crippen LogP contribution in [-0.4, -0.2) is 9.78 Å². The number of hydrogen-bond donors (Lipinski definition) is 1. The molecule has 0 saturated heterocycles. The molecule has 0 bridgehead atoms. The smallest absolute Gasteiger partial charge is 0.0730 e. The number of nitrogens with two attached hydrogens (primary N) is 1. The monoisotopic (exact) mass is 207 g/mol. The van der Waals surface area contributed by atoms with E-state index >= 15 is 0 Å². The van der Waals surface area contributed by atoms with Crippen molar-refractivity contribution in [3.63, 3.8) is 0 Å². The molecular formula is C12H21N3. The highest BCUT2D eigenvalue weighted by molar-refractivity contribution is 5.39. The maximum Gasteiger partial charge on any atom is 0.0730 e. The molecule has 1 aromatic rings. The number of rotatable bonds is 4. The normalized spacial score (nSPS) is 17.0. The lowest BCUT2D eigenvalue weighted by Crippen LogP contribution is -2.18. The van der Waals surface area contributed by atoms with Crippen LogP contribution in [-0.2, 0) is 6.54 Å². The van der Waals surface area contributed by atoms with Gasteiger partial charge in [-0.15, -0.1) is 0 Å². The van der Waals surface area contributed by atoms with Gasteiger partial charge in [0.15, 0.2) is 0 Å². The second-order valence-corrected chi connectivity index (χ2v) is 5.42. The fourth-order valence-electron chi connectivity index (χ4n) is 2.15. The Morgan fingerprint density at radius 2 is 2.20 bits per heavy atom. The predicted octanol–water partition coefficient (Wildman–Crippen LogP) is 2.60. The lowest BCUT2D eigenvalue weighted by molar-refractivity contribution is 0.261. The van der Waals surface area contributed by atoms with Crippen LogP contribution in [0.2, 0.25) is 0 Å². The Morgan fingerprint density at radius 1 is 1.53 bits per heavy atom. The highest BCUT2D eigenvalue weighted by Gasteiger charge is 2.37. The number of nitrogens with zero attached hydrogens (tertiary/aromatic N) is 2.